The van der Waals surface area contributed by atoms with Crippen LogP contribution >= 0.6 is 12.4 Å². The minimum Gasteiger partial charge on any atom is -0.493 e. The van der Waals surface area contributed by atoms with Gasteiger partial charge in [-0.3, -0.25) is 4.79 Å². The fourth-order valence-electron chi connectivity index (χ4n) is 4.05. The highest BCUT2D eigenvalue weighted by Gasteiger charge is 2.32. The molecule has 0 aliphatic heterocycles. The van der Waals surface area contributed by atoms with E-state index in [2.05, 4.69) is 19.2 Å². The van der Waals surface area contributed by atoms with Crippen LogP contribution in [0.3, 0.4) is 0 Å². The number of nitrogens with one attached hydrogen (secondary N) is 1. The van der Waals surface area contributed by atoms with E-state index in [4.69, 9.17) is 24.7 Å². The van der Waals surface area contributed by atoms with E-state index in [0.717, 1.165) is 18.4 Å². The molecule has 1 amide bonds. The van der Waals surface area contributed by atoms with Crippen LogP contribution in [0.25, 0.3) is 0 Å². The summed E-state index contributed by atoms with van der Waals surface area (Å²) in [4.78, 5) is 12.5. The highest BCUT2D eigenvalue weighted by Crippen LogP contribution is 2.31. The first-order chi connectivity index (χ1) is 16.4. The van der Waals surface area contributed by atoms with E-state index in [1.165, 1.54) is 7.11 Å². The molecule has 1 aromatic rings. The lowest BCUT2D eigenvalue weighted by Gasteiger charge is -2.30. The lowest BCUT2D eigenvalue weighted by atomic mass is 9.83. The van der Waals surface area contributed by atoms with Crippen molar-refractivity contribution in [1.82, 2.24) is 5.32 Å². The zero-order chi connectivity index (χ0) is 26.6. The molecule has 4 N–H and O–H groups in total. The summed E-state index contributed by atoms with van der Waals surface area (Å²) in [7, 11) is 4.81. The van der Waals surface area contributed by atoms with Crippen LogP contribution in [0.1, 0.15) is 53.0 Å². The molecule has 0 aliphatic carbocycles. The van der Waals surface area contributed by atoms with Crippen molar-refractivity contribution >= 4 is 18.3 Å². The van der Waals surface area contributed by atoms with Crippen LogP contribution in [0.5, 0.6) is 11.5 Å². The Morgan fingerprint density at radius 3 is 2.31 bits per heavy atom. The predicted octanol–water partition coefficient (Wildman–Crippen LogP) is 3.60. The number of carbonyl (C=O) groups is 1. The molecule has 36 heavy (non-hydrogen) atoms. The van der Waals surface area contributed by atoms with E-state index >= 15 is 0 Å². The quantitative estimate of drug-likeness (QED) is 0.279. The molecule has 210 valence electrons. The second kappa shape index (κ2) is 17.0. The molecule has 0 radical (unpaired) electrons. The maximum absolute atomic E-state index is 12.5. The number of amides is 1. The van der Waals surface area contributed by atoms with Crippen molar-refractivity contribution in [2.24, 2.45) is 23.0 Å². The summed E-state index contributed by atoms with van der Waals surface area (Å²) in [5, 5.41) is 13.4. The van der Waals surface area contributed by atoms with Crippen molar-refractivity contribution in [1.29, 1.82) is 0 Å². The first kappa shape index (κ1) is 34.4. The number of aliphatic hydroxyl groups excluding tert-OH is 1. The molecule has 4 atom stereocenters. The molecular formula is C27H49ClN2O6. The van der Waals surface area contributed by atoms with Crippen LogP contribution in [-0.2, 0) is 20.7 Å². The monoisotopic (exact) mass is 532 g/mol. The van der Waals surface area contributed by atoms with Gasteiger partial charge < -0.3 is 35.1 Å². The van der Waals surface area contributed by atoms with Gasteiger partial charge in [0.05, 0.1) is 19.8 Å². The van der Waals surface area contributed by atoms with Gasteiger partial charge in [0.2, 0.25) is 5.91 Å². The maximum atomic E-state index is 12.5. The first-order valence-corrected chi connectivity index (χ1v) is 12.5. The Kier molecular flexibility index (Phi) is 16.3. The molecule has 1 aromatic carbocycles. The molecular weight excluding hydrogens is 484 g/mol. The van der Waals surface area contributed by atoms with Crippen LogP contribution in [0.4, 0.5) is 0 Å². The van der Waals surface area contributed by atoms with E-state index in [-0.39, 0.29) is 36.2 Å². The Morgan fingerprint density at radius 1 is 1.11 bits per heavy atom. The van der Waals surface area contributed by atoms with Crippen molar-refractivity contribution in [3.63, 3.8) is 0 Å². The average molecular weight is 533 g/mol. The number of rotatable bonds is 16. The summed E-state index contributed by atoms with van der Waals surface area (Å²) >= 11 is 0. The Balaban J connectivity index is 0.0000122. The number of hydrogen-bond donors (Lipinski definition) is 3. The number of aliphatic hydroxyl groups is 1. The summed E-state index contributed by atoms with van der Waals surface area (Å²) in [5.41, 5.74) is 7.14. The van der Waals surface area contributed by atoms with Gasteiger partial charge in [0.1, 0.15) is 6.10 Å². The second-order valence-corrected chi connectivity index (χ2v) is 10.6. The van der Waals surface area contributed by atoms with Crippen LogP contribution in [0.15, 0.2) is 18.2 Å². The molecule has 9 heteroatoms. The topological polar surface area (TPSA) is 112 Å². The van der Waals surface area contributed by atoms with Gasteiger partial charge in [-0.1, -0.05) is 40.7 Å². The minimum absolute atomic E-state index is 0. The molecule has 0 saturated heterocycles. The zero-order valence-corrected chi connectivity index (χ0v) is 24.2. The molecule has 8 nitrogen and oxygen atoms in total. The molecule has 0 aromatic heterocycles. The highest BCUT2D eigenvalue weighted by atomic mass is 35.5. The largest absolute Gasteiger partial charge is 0.493 e. The van der Waals surface area contributed by atoms with Crippen molar-refractivity contribution < 1.29 is 28.8 Å². The molecule has 0 fully saturated rings. The Labute approximate surface area is 224 Å². The minimum atomic E-state index is -0.853. The van der Waals surface area contributed by atoms with Crippen molar-refractivity contribution in [2.45, 2.75) is 72.1 Å². The van der Waals surface area contributed by atoms with Crippen LogP contribution in [-0.4, -0.2) is 70.4 Å². The van der Waals surface area contributed by atoms with Gasteiger partial charge in [0.15, 0.2) is 11.5 Å². The molecule has 1 rings (SSSR count). The number of benzene rings is 1. The molecule has 0 heterocycles. The fraction of sp³-hybridized carbons (Fsp3) is 0.741. The molecule has 4 unspecified atom stereocenters. The molecule has 0 bridgehead atoms. The van der Waals surface area contributed by atoms with Crippen molar-refractivity contribution in [3.8, 4) is 11.5 Å². The van der Waals surface area contributed by atoms with E-state index in [0.29, 0.717) is 37.1 Å². The predicted molar refractivity (Wildman–Crippen MR) is 146 cm³/mol. The summed E-state index contributed by atoms with van der Waals surface area (Å²) in [6.45, 7) is 11.4. The van der Waals surface area contributed by atoms with Crippen LogP contribution < -0.4 is 20.5 Å². The number of nitrogens with two attached hydrogens (primary N) is 1. The molecule has 0 saturated carbocycles. The average Bonchev–Trinajstić information content (AvgIpc) is 2.79. The van der Waals surface area contributed by atoms with Gasteiger partial charge in [-0.2, -0.15) is 0 Å². The van der Waals surface area contributed by atoms with E-state index in [1.54, 1.807) is 14.2 Å². The zero-order valence-electron chi connectivity index (χ0n) is 23.3. The van der Waals surface area contributed by atoms with Gasteiger partial charge >= 0.3 is 0 Å². The van der Waals surface area contributed by atoms with Crippen LogP contribution in [0, 0.1) is 17.3 Å². The van der Waals surface area contributed by atoms with Gasteiger partial charge in [0.25, 0.3) is 0 Å². The SMILES string of the molecule is COCCCOc1cc(CC(CC(N)C(O)CNC(=O)C(OC)C(C)(C)C)C(C)C)ccc1OC.Cl. The third-order valence-corrected chi connectivity index (χ3v) is 6.23. The maximum Gasteiger partial charge on any atom is 0.249 e. The lowest BCUT2D eigenvalue weighted by molar-refractivity contribution is -0.137. The van der Waals surface area contributed by atoms with E-state index < -0.39 is 18.2 Å². The smallest absolute Gasteiger partial charge is 0.249 e. The van der Waals surface area contributed by atoms with Crippen molar-refractivity contribution in [3.05, 3.63) is 23.8 Å². The second-order valence-electron chi connectivity index (χ2n) is 10.6. The summed E-state index contributed by atoms with van der Waals surface area (Å²) in [6, 6.07) is 5.50. The fourth-order valence-corrected chi connectivity index (χ4v) is 4.05. The van der Waals surface area contributed by atoms with Gasteiger partial charge in [-0.05, 0) is 47.8 Å². The summed E-state index contributed by atoms with van der Waals surface area (Å²) in [5.74, 6) is 1.76. The number of carbonyl (C=O) groups excluding carboxylic acids is 1. The first-order valence-electron chi connectivity index (χ1n) is 12.5. The van der Waals surface area contributed by atoms with E-state index in [9.17, 15) is 9.90 Å². The number of methoxy groups -OCH3 is 3. The Hall–Kier alpha value is -1.58. The third-order valence-electron chi connectivity index (χ3n) is 6.23. The number of halogens is 1. The van der Waals surface area contributed by atoms with Gasteiger partial charge in [0, 0.05) is 39.8 Å². The van der Waals surface area contributed by atoms with Gasteiger partial charge in [-0.25, -0.2) is 0 Å². The number of hydrogen-bond acceptors (Lipinski definition) is 7. The third kappa shape index (κ3) is 11.6. The summed E-state index contributed by atoms with van der Waals surface area (Å²) < 4.78 is 21.8. The van der Waals surface area contributed by atoms with Crippen molar-refractivity contribution in [2.75, 3.05) is 41.1 Å². The number of ether oxygens (including phenoxy) is 4. The van der Waals surface area contributed by atoms with E-state index in [1.807, 2.05) is 39.0 Å². The van der Waals surface area contributed by atoms with Gasteiger partial charge in [-0.15, -0.1) is 12.4 Å². The lowest BCUT2D eigenvalue weighted by Crippen LogP contribution is -2.49. The summed E-state index contributed by atoms with van der Waals surface area (Å²) in [6.07, 6.45) is 0.752. The Bertz CT molecular complexity index is 756. The standard InChI is InChI=1S/C27H48N2O6.ClH/c1-18(2)20(14-19-10-11-23(33-7)24(15-19)35-13-9-12-32-6)16-21(28)22(30)17-29-26(31)25(34-8)27(3,4)5;/h10-11,15,18,20-22,25,30H,9,12-14,16-17,28H2,1-8H3,(H,29,31);1H. The normalized spacial score (nSPS) is 15.0. The highest BCUT2D eigenvalue weighted by molar-refractivity contribution is 5.85. The Morgan fingerprint density at radius 2 is 1.78 bits per heavy atom. The molecule has 0 spiro atoms. The van der Waals surface area contributed by atoms with Crippen LogP contribution in [0.2, 0.25) is 0 Å². The molecule has 0 aliphatic rings.